The molecule has 3 aromatic carbocycles. The molecule has 1 amide bonds. The molecule has 6 nitrogen and oxygen atoms in total. The van der Waals surface area contributed by atoms with Crippen LogP contribution in [0.2, 0.25) is 0 Å². The highest BCUT2D eigenvalue weighted by atomic mass is 16.3. The number of aryl methyl sites for hydroxylation is 3. The fraction of sp³-hybridized carbons (Fsp3) is 0.345. The van der Waals surface area contributed by atoms with Crippen molar-refractivity contribution in [1.29, 1.82) is 0 Å². The first-order chi connectivity index (χ1) is 16.6. The van der Waals surface area contributed by atoms with Crippen LogP contribution in [0.4, 0.5) is 0 Å². The third kappa shape index (κ3) is 7.57. The zero-order chi connectivity index (χ0) is 25.5. The molecule has 0 spiro atoms. The minimum absolute atomic E-state index is 0.0432. The molecule has 0 saturated heterocycles. The van der Waals surface area contributed by atoms with E-state index in [1.165, 1.54) is 40.5 Å². The van der Waals surface area contributed by atoms with Crippen molar-refractivity contribution in [3.8, 4) is 11.5 Å². The number of hydrogen-bond donors (Lipinski definition) is 5. The van der Waals surface area contributed by atoms with Gasteiger partial charge < -0.3 is 26.0 Å². The van der Waals surface area contributed by atoms with Crippen molar-refractivity contribution in [2.24, 2.45) is 0 Å². The monoisotopic (exact) mass is 476 g/mol. The van der Waals surface area contributed by atoms with Crippen LogP contribution in [0.3, 0.4) is 0 Å². The largest absolute Gasteiger partial charge is 0.508 e. The zero-order valence-corrected chi connectivity index (χ0v) is 20.9. The summed E-state index contributed by atoms with van der Waals surface area (Å²) in [6.07, 6.45) is 0.605. The smallest absolute Gasteiger partial charge is 0.251 e. The number of carbonyl (C=O) groups excluding carboxylic acids is 1. The van der Waals surface area contributed by atoms with Gasteiger partial charge in [0.1, 0.15) is 11.5 Å². The van der Waals surface area contributed by atoms with E-state index in [-0.39, 0.29) is 30.0 Å². The lowest BCUT2D eigenvalue weighted by atomic mass is 9.99. The summed E-state index contributed by atoms with van der Waals surface area (Å²) in [5.41, 5.74) is 7.14. The van der Waals surface area contributed by atoms with Gasteiger partial charge in [0.2, 0.25) is 0 Å². The number of benzene rings is 3. The molecule has 0 heterocycles. The molecule has 186 valence electrons. The van der Waals surface area contributed by atoms with Gasteiger partial charge in [0.15, 0.2) is 0 Å². The van der Waals surface area contributed by atoms with Crippen molar-refractivity contribution >= 4 is 5.91 Å². The van der Waals surface area contributed by atoms with E-state index in [0.29, 0.717) is 24.1 Å². The molecule has 2 atom stereocenters. The van der Waals surface area contributed by atoms with Gasteiger partial charge in [0.05, 0.1) is 6.10 Å². The number of aliphatic hydroxyl groups is 1. The van der Waals surface area contributed by atoms with Crippen molar-refractivity contribution < 1.29 is 20.1 Å². The summed E-state index contributed by atoms with van der Waals surface area (Å²) in [6.45, 7) is 9.17. The molecule has 6 heteroatoms. The minimum atomic E-state index is -0.867. The number of nitrogens with one attached hydrogen (secondary N) is 2. The molecule has 3 rings (SSSR count). The van der Waals surface area contributed by atoms with Gasteiger partial charge in [-0.3, -0.25) is 4.79 Å². The Bertz CT molecular complexity index is 1160. The molecule has 0 bridgehead atoms. The molecular weight excluding hydrogens is 440 g/mol. The second kappa shape index (κ2) is 11.9. The van der Waals surface area contributed by atoms with Gasteiger partial charge in [-0.15, -0.1) is 0 Å². The van der Waals surface area contributed by atoms with Crippen LogP contribution in [0.15, 0.2) is 54.6 Å². The van der Waals surface area contributed by atoms with E-state index in [9.17, 15) is 20.1 Å². The van der Waals surface area contributed by atoms with Crippen LogP contribution < -0.4 is 10.6 Å². The number of phenols is 2. The minimum Gasteiger partial charge on any atom is -0.508 e. The van der Waals surface area contributed by atoms with E-state index >= 15 is 0 Å². The number of amides is 1. The van der Waals surface area contributed by atoms with Crippen molar-refractivity contribution in [3.63, 3.8) is 0 Å². The van der Waals surface area contributed by atoms with E-state index in [2.05, 4.69) is 43.5 Å². The van der Waals surface area contributed by atoms with Gasteiger partial charge in [-0.1, -0.05) is 24.3 Å². The Hall–Kier alpha value is -3.35. The summed E-state index contributed by atoms with van der Waals surface area (Å²) < 4.78 is 0. The summed E-state index contributed by atoms with van der Waals surface area (Å²) in [6, 6.07) is 16.1. The topological polar surface area (TPSA) is 102 Å². The van der Waals surface area contributed by atoms with E-state index < -0.39 is 6.10 Å². The quantitative estimate of drug-likeness (QED) is 0.301. The van der Waals surface area contributed by atoms with Crippen LogP contribution in [0.5, 0.6) is 11.5 Å². The molecule has 0 radical (unpaired) electrons. The molecule has 0 aromatic heterocycles. The highest BCUT2D eigenvalue weighted by Gasteiger charge is 2.13. The fourth-order valence-corrected chi connectivity index (χ4v) is 4.21. The lowest BCUT2D eigenvalue weighted by Gasteiger charge is -2.18. The Morgan fingerprint density at radius 2 is 1.60 bits per heavy atom. The standard InChI is InChI=1S/C29H36N2O4/c1-18-10-20(3)23(11-19(18)2)8-9-30-29(35)24-7-5-6-22(13-24)12-21(4)31-17-28(34)25-14-26(32)16-27(33)15-25/h5-7,10-11,13-16,21,28,31-34H,8-9,12,17H2,1-4H3,(H,30,35)/t21-,28?/m1/s1. The predicted molar refractivity (Wildman–Crippen MR) is 139 cm³/mol. The van der Waals surface area contributed by atoms with Gasteiger partial charge in [0, 0.05) is 30.8 Å². The summed E-state index contributed by atoms with van der Waals surface area (Å²) in [5, 5.41) is 35.9. The van der Waals surface area contributed by atoms with Crippen LogP contribution in [-0.4, -0.2) is 40.4 Å². The molecule has 0 aliphatic carbocycles. The molecule has 35 heavy (non-hydrogen) atoms. The van der Waals surface area contributed by atoms with Crippen molar-refractivity contribution in [3.05, 3.63) is 93.5 Å². The lowest BCUT2D eigenvalue weighted by molar-refractivity contribution is 0.0954. The fourth-order valence-electron chi connectivity index (χ4n) is 4.21. The van der Waals surface area contributed by atoms with Gasteiger partial charge >= 0.3 is 0 Å². The summed E-state index contributed by atoms with van der Waals surface area (Å²) in [7, 11) is 0. The first-order valence-electron chi connectivity index (χ1n) is 12.0. The van der Waals surface area contributed by atoms with Crippen LogP contribution in [-0.2, 0) is 12.8 Å². The number of rotatable bonds is 10. The Labute approximate surface area is 207 Å². The maximum Gasteiger partial charge on any atom is 0.251 e. The maximum absolute atomic E-state index is 12.7. The van der Waals surface area contributed by atoms with E-state index in [1.54, 1.807) is 0 Å². The average Bonchev–Trinajstić information content (AvgIpc) is 2.80. The SMILES string of the molecule is Cc1cc(C)c(CCNC(=O)c2cccc(C[C@@H](C)NCC(O)c3cc(O)cc(O)c3)c2)cc1C. The molecule has 5 N–H and O–H groups in total. The molecule has 0 aliphatic rings. The number of carbonyl (C=O) groups is 1. The average molecular weight is 477 g/mol. The first-order valence-corrected chi connectivity index (χ1v) is 12.0. The summed E-state index contributed by atoms with van der Waals surface area (Å²) in [5.74, 6) is -0.273. The number of hydrogen-bond acceptors (Lipinski definition) is 5. The molecule has 0 aliphatic heterocycles. The maximum atomic E-state index is 12.7. The molecule has 3 aromatic rings. The van der Waals surface area contributed by atoms with E-state index in [0.717, 1.165) is 12.0 Å². The molecular formula is C29H36N2O4. The van der Waals surface area contributed by atoms with Crippen LogP contribution >= 0.6 is 0 Å². The number of aliphatic hydroxyl groups excluding tert-OH is 1. The normalized spacial score (nSPS) is 12.8. The first kappa shape index (κ1) is 26.3. The highest BCUT2D eigenvalue weighted by molar-refractivity contribution is 5.94. The predicted octanol–water partition coefficient (Wildman–Crippen LogP) is 4.25. The summed E-state index contributed by atoms with van der Waals surface area (Å²) >= 11 is 0. The Kier molecular flexibility index (Phi) is 8.90. The third-order valence-electron chi connectivity index (χ3n) is 6.33. The lowest BCUT2D eigenvalue weighted by Crippen LogP contribution is -2.32. The van der Waals surface area contributed by atoms with Crippen molar-refractivity contribution in [2.45, 2.75) is 52.7 Å². The Morgan fingerprint density at radius 1 is 0.914 bits per heavy atom. The third-order valence-corrected chi connectivity index (χ3v) is 6.33. The van der Waals surface area contributed by atoms with Gasteiger partial charge in [-0.25, -0.2) is 0 Å². The van der Waals surface area contributed by atoms with E-state index in [1.807, 2.05) is 31.2 Å². The second-order valence-electron chi connectivity index (χ2n) is 9.38. The van der Waals surface area contributed by atoms with Gasteiger partial charge in [-0.05, 0) is 98.2 Å². The van der Waals surface area contributed by atoms with Crippen molar-refractivity contribution in [2.75, 3.05) is 13.1 Å². The zero-order valence-electron chi connectivity index (χ0n) is 20.9. The molecule has 1 unspecified atom stereocenters. The van der Waals surface area contributed by atoms with Crippen LogP contribution in [0.1, 0.15) is 56.8 Å². The van der Waals surface area contributed by atoms with Crippen LogP contribution in [0, 0.1) is 20.8 Å². The highest BCUT2D eigenvalue weighted by Crippen LogP contribution is 2.24. The summed E-state index contributed by atoms with van der Waals surface area (Å²) in [4.78, 5) is 12.7. The number of phenolic OH excluding ortho intramolecular Hbond substituents is 2. The Balaban J connectivity index is 1.50. The van der Waals surface area contributed by atoms with Gasteiger partial charge in [0.25, 0.3) is 5.91 Å². The van der Waals surface area contributed by atoms with Crippen molar-refractivity contribution in [1.82, 2.24) is 10.6 Å². The second-order valence-corrected chi connectivity index (χ2v) is 9.38. The van der Waals surface area contributed by atoms with Crippen LogP contribution in [0.25, 0.3) is 0 Å². The number of aromatic hydroxyl groups is 2. The molecule has 0 saturated carbocycles. The van der Waals surface area contributed by atoms with Gasteiger partial charge in [-0.2, -0.15) is 0 Å². The van der Waals surface area contributed by atoms with E-state index in [4.69, 9.17) is 0 Å². The Morgan fingerprint density at radius 3 is 2.31 bits per heavy atom. The molecule has 0 fully saturated rings.